The second-order valence-electron chi connectivity index (χ2n) is 9.25. The van der Waals surface area contributed by atoms with Crippen molar-refractivity contribution in [1.29, 1.82) is 0 Å². The Morgan fingerprint density at radius 2 is 1.49 bits per heavy atom. The van der Waals surface area contributed by atoms with Crippen LogP contribution in [0.5, 0.6) is 0 Å². The third-order valence-corrected chi connectivity index (χ3v) is 7.45. The van der Waals surface area contributed by atoms with Crippen LogP contribution < -0.4 is 0 Å². The van der Waals surface area contributed by atoms with E-state index in [9.17, 15) is 24.0 Å². The van der Waals surface area contributed by atoms with Crippen LogP contribution in [0.15, 0.2) is 47.4 Å². The Balaban J connectivity index is 1.73. The standard InChI is InChI=1S/C28H27NO10S2/c1-14(30)35-13-21-23(36-15(2)31)24(37-16(3)32)25(38-17(4)33)27(39-21)29-26(34)22(41-28(29)40)12-18-9-10-19-7-5-6-8-20(19)11-18/h5-12,21,23-25,27H,13H2,1-4H3/b22-12-. The van der Waals surface area contributed by atoms with Crippen LogP contribution in [0.2, 0.25) is 0 Å². The molecule has 2 aliphatic heterocycles. The molecule has 2 aliphatic rings. The maximum absolute atomic E-state index is 13.7. The minimum absolute atomic E-state index is 0.0861. The molecule has 13 heteroatoms. The molecule has 11 nitrogen and oxygen atoms in total. The number of thioether (sulfide) groups is 1. The van der Waals surface area contributed by atoms with Gasteiger partial charge in [0, 0.05) is 27.7 Å². The molecule has 2 fully saturated rings. The molecule has 5 unspecified atom stereocenters. The first-order chi connectivity index (χ1) is 19.4. The van der Waals surface area contributed by atoms with Gasteiger partial charge in [0.05, 0.1) is 4.91 Å². The van der Waals surface area contributed by atoms with Gasteiger partial charge in [-0.3, -0.25) is 28.9 Å². The molecule has 0 spiro atoms. The number of hydrogen-bond donors (Lipinski definition) is 0. The molecule has 0 saturated carbocycles. The zero-order valence-electron chi connectivity index (χ0n) is 22.6. The van der Waals surface area contributed by atoms with Crippen LogP contribution in [0.25, 0.3) is 16.8 Å². The molecule has 0 bridgehead atoms. The first kappa shape index (κ1) is 30.2. The van der Waals surface area contributed by atoms with Crippen molar-refractivity contribution in [2.75, 3.05) is 6.61 Å². The minimum atomic E-state index is -1.45. The number of thiocarbonyl (C=S) groups is 1. The van der Waals surface area contributed by atoms with E-state index in [4.69, 9.17) is 35.9 Å². The summed E-state index contributed by atoms with van der Waals surface area (Å²) in [4.78, 5) is 62.9. The molecule has 41 heavy (non-hydrogen) atoms. The number of esters is 4. The minimum Gasteiger partial charge on any atom is -0.463 e. The van der Waals surface area contributed by atoms with E-state index < -0.39 is 67.0 Å². The van der Waals surface area contributed by atoms with Crippen molar-refractivity contribution in [2.24, 2.45) is 0 Å². The van der Waals surface area contributed by atoms with Crippen molar-refractivity contribution in [3.63, 3.8) is 0 Å². The average molecular weight is 602 g/mol. The summed E-state index contributed by atoms with van der Waals surface area (Å²) in [5.74, 6) is -3.51. The summed E-state index contributed by atoms with van der Waals surface area (Å²) < 4.78 is 27.6. The molecule has 0 N–H and O–H groups in total. The van der Waals surface area contributed by atoms with Gasteiger partial charge in [0.2, 0.25) is 0 Å². The Bertz CT molecular complexity index is 1440. The number of carbonyl (C=O) groups excluding carboxylic acids is 5. The Morgan fingerprint density at radius 3 is 2.12 bits per heavy atom. The molecule has 0 aliphatic carbocycles. The number of carbonyl (C=O) groups is 5. The molecular weight excluding hydrogens is 574 g/mol. The van der Waals surface area contributed by atoms with E-state index >= 15 is 0 Å². The number of fused-ring (bicyclic) bond motifs is 1. The average Bonchev–Trinajstić information content (AvgIpc) is 3.16. The molecular formula is C28H27NO10S2. The molecule has 0 radical (unpaired) electrons. The van der Waals surface area contributed by atoms with Gasteiger partial charge in [0.1, 0.15) is 12.7 Å². The highest BCUT2D eigenvalue weighted by atomic mass is 32.2. The fourth-order valence-corrected chi connectivity index (χ4v) is 5.87. The van der Waals surface area contributed by atoms with Crippen LogP contribution in [-0.2, 0) is 47.7 Å². The predicted octanol–water partition coefficient (Wildman–Crippen LogP) is 3.12. The zero-order chi connectivity index (χ0) is 29.8. The lowest BCUT2D eigenvalue weighted by molar-refractivity contribution is -0.268. The fraction of sp³-hybridized carbons (Fsp3) is 0.357. The van der Waals surface area contributed by atoms with Gasteiger partial charge in [0.25, 0.3) is 5.91 Å². The second-order valence-corrected chi connectivity index (χ2v) is 10.9. The van der Waals surface area contributed by atoms with E-state index in [1.165, 1.54) is 6.92 Å². The number of benzene rings is 2. The number of rotatable bonds is 7. The van der Waals surface area contributed by atoms with Gasteiger partial charge < -0.3 is 23.7 Å². The van der Waals surface area contributed by atoms with Crippen LogP contribution in [0.4, 0.5) is 0 Å². The number of amides is 1. The molecule has 5 atom stereocenters. The van der Waals surface area contributed by atoms with Crippen LogP contribution in [0.1, 0.15) is 33.3 Å². The highest BCUT2D eigenvalue weighted by Gasteiger charge is 2.56. The number of nitrogens with zero attached hydrogens (tertiary/aromatic N) is 1. The van der Waals surface area contributed by atoms with Crippen molar-refractivity contribution in [2.45, 2.75) is 58.3 Å². The fourth-order valence-electron chi connectivity index (χ4n) is 4.56. The van der Waals surface area contributed by atoms with Gasteiger partial charge in [-0.1, -0.05) is 60.4 Å². The van der Waals surface area contributed by atoms with Gasteiger partial charge in [-0.25, -0.2) is 0 Å². The van der Waals surface area contributed by atoms with E-state index in [1.807, 2.05) is 42.5 Å². The summed E-state index contributed by atoms with van der Waals surface area (Å²) in [5.41, 5.74) is 0.755. The first-order valence-electron chi connectivity index (χ1n) is 12.5. The lowest BCUT2D eigenvalue weighted by Crippen LogP contribution is -2.66. The molecule has 2 saturated heterocycles. The highest BCUT2D eigenvalue weighted by Crippen LogP contribution is 2.39. The van der Waals surface area contributed by atoms with E-state index in [0.717, 1.165) is 53.8 Å². The zero-order valence-corrected chi connectivity index (χ0v) is 24.2. The van der Waals surface area contributed by atoms with Crippen molar-refractivity contribution in [3.05, 3.63) is 52.9 Å². The predicted molar refractivity (Wildman–Crippen MR) is 151 cm³/mol. The van der Waals surface area contributed by atoms with Crippen LogP contribution in [-0.4, -0.2) is 76.3 Å². The maximum atomic E-state index is 13.7. The monoisotopic (exact) mass is 601 g/mol. The van der Waals surface area contributed by atoms with E-state index in [2.05, 4.69) is 0 Å². The third-order valence-electron chi connectivity index (χ3n) is 6.12. The first-order valence-corrected chi connectivity index (χ1v) is 13.7. The van der Waals surface area contributed by atoms with Crippen molar-refractivity contribution in [3.8, 4) is 0 Å². The molecule has 2 aromatic carbocycles. The van der Waals surface area contributed by atoms with Crippen molar-refractivity contribution >= 4 is 74.9 Å². The maximum Gasteiger partial charge on any atom is 0.303 e. The molecule has 216 valence electrons. The van der Waals surface area contributed by atoms with Crippen molar-refractivity contribution < 1.29 is 47.7 Å². The summed E-state index contributed by atoms with van der Waals surface area (Å²) >= 11 is 6.55. The Kier molecular flexibility index (Phi) is 9.41. The smallest absolute Gasteiger partial charge is 0.303 e. The lowest BCUT2D eigenvalue weighted by Gasteiger charge is -2.46. The quantitative estimate of drug-likeness (QED) is 0.200. The normalized spacial score (nSPS) is 25.2. The lowest BCUT2D eigenvalue weighted by atomic mass is 9.96. The number of ether oxygens (including phenoxy) is 5. The number of hydrogen-bond acceptors (Lipinski definition) is 12. The molecule has 1 amide bonds. The third kappa shape index (κ3) is 7.10. The molecule has 2 aromatic rings. The summed E-state index contributed by atoms with van der Waals surface area (Å²) in [6, 6.07) is 13.5. The van der Waals surface area contributed by atoms with Crippen LogP contribution >= 0.6 is 24.0 Å². The summed E-state index contributed by atoms with van der Waals surface area (Å²) in [7, 11) is 0. The topological polar surface area (TPSA) is 135 Å². The molecule has 4 rings (SSSR count). The molecule has 0 aromatic heterocycles. The Labute approximate surface area is 245 Å². The van der Waals surface area contributed by atoms with E-state index in [0.29, 0.717) is 0 Å². The van der Waals surface area contributed by atoms with E-state index in [-0.39, 0.29) is 9.23 Å². The van der Waals surface area contributed by atoms with Gasteiger partial charge in [-0.15, -0.1) is 0 Å². The summed E-state index contributed by atoms with van der Waals surface area (Å²) in [5, 5.41) is 2.02. The largest absolute Gasteiger partial charge is 0.463 e. The second kappa shape index (κ2) is 12.8. The highest BCUT2D eigenvalue weighted by molar-refractivity contribution is 8.26. The van der Waals surface area contributed by atoms with Gasteiger partial charge in [-0.2, -0.15) is 0 Å². The van der Waals surface area contributed by atoms with Gasteiger partial charge in [0.15, 0.2) is 28.9 Å². The van der Waals surface area contributed by atoms with Crippen LogP contribution in [0, 0.1) is 0 Å². The Hall–Kier alpha value is -3.81. The SMILES string of the molecule is CC(=O)OCC1OC(N2C(=O)/C(=C/c3ccc4ccccc4c3)SC2=S)C(OC(C)=O)C(OC(C)=O)C1OC(C)=O. The van der Waals surface area contributed by atoms with Gasteiger partial charge >= 0.3 is 23.9 Å². The summed E-state index contributed by atoms with van der Waals surface area (Å²) in [6.07, 6.45) is -5.16. The molecule has 2 heterocycles. The van der Waals surface area contributed by atoms with Gasteiger partial charge in [-0.05, 0) is 28.5 Å². The van der Waals surface area contributed by atoms with E-state index in [1.54, 1.807) is 6.08 Å². The van der Waals surface area contributed by atoms with Crippen LogP contribution in [0.3, 0.4) is 0 Å². The van der Waals surface area contributed by atoms with Crippen molar-refractivity contribution in [1.82, 2.24) is 4.90 Å². The Morgan fingerprint density at radius 1 is 0.878 bits per heavy atom. The summed E-state index contributed by atoms with van der Waals surface area (Å²) in [6.45, 7) is 4.12.